The highest BCUT2D eigenvalue weighted by molar-refractivity contribution is 5.92. The van der Waals surface area contributed by atoms with E-state index in [0.29, 0.717) is 23.7 Å². The molecule has 0 aliphatic heterocycles. The van der Waals surface area contributed by atoms with E-state index in [9.17, 15) is 4.79 Å². The highest BCUT2D eigenvalue weighted by Crippen LogP contribution is 2.28. The van der Waals surface area contributed by atoms with Crippen molar-refractivity contribution in [2.75, 3.05) is 11.9 Å². The van der Waals surface area contributed by atoms with Crippen molar-refractivity contribution in [2.24, 2.45) is 7.05 Å². The summed E-state index contributed by atoms with van der Waals surface area (Å²) in [6.07, 6.45) is 3.45. The summed E-state index contributed by atoms with van der Waals surface area (Å²) in [5.41, 5.74) is 4.41. The number of hydrogen-bond acceptors (Lipinski definition) is 5. The van der Waals surface area contributed by atoms with E-state index in [2.05, 4.69) is 46.8 Å². The minimum absolute atomic E-state index is 0.208. The normalized spacial score (nSPS) is 10.8. The lowest BCUT2D eigenvalue weighted by molar-refractivity contribution is 0.0948. The average molecular weight is 430 g/mol. The molecule has 2 N–H and O–H groups in total. The lowest BCUT2D eigenvalue weighted by atomic mass is 10.1. The molecule has 0 fully saturated rings. The van der Waals surface area contributed by atoms with Crippen molar-refractivity contribution < 1.29 is 9.53 Å². The maximum atomic E-state index is 12.2. The molecule has 2 aromatic carbocycles. The highest BCUT2D eigenvalue weighted by atomic mass is 16.5. The van der Waals surface area contributed by atoms with Gasteiger partial charge in [0.25, 0.3) is 5.91 Å². The van der Waals surface area contributed by atoms with Gasteiger partial charge >= 0.3 is 0 Å². The molecule has 2 aromatic heterocycles. The van der Waals surface area contributed by atoms with E-state index in [1.165, 1.54) is 5.56 Å². The molecule has 164 valence electrons. The van der Waals surface area contributed by atoms with Gasteiger partial charge in [-0.15, -0.1) is 0 Å². The minimum Gasteiger partial charge on any atom is -0.457 e. The molecule has 0 aliphatic rings. The van der Waals surface area contributed by atoms with Crippen LogP contribution in [-0.4, -0.2) is 27.0 Å². The number of anilines is 2. The Morgan fingerprint density at radius 2 is 1.81 bits per heavy atom. The van der Waals surface area contributed by atoms with Gasteiger partial charge < -0.3 is 19.9 Å². The van der Waals surface area contributed by atoms with Crippen LogP contribution in [0.25, 0.3) is 11.0 Å². The maximum absolute atomic E-state index is 12.2. The first-order valence-electron chi connectivity index (χ1n) is 10.8. The highest BCUT2D eigenvalue weighted by Gasteiger charge is 2.11. The van der Waals surface area contributed by atoms with Crippen LogP contribution in [0.15, 0.2) is 60.8 Å². The van der Waals surface area contributed by atoms with E-state index in [1.807, 2.05) is 36.7 Å². The first kappa shape index (κ1) is 21.4. The molecule has 7 heteroatoms. The lowest BCUT2D eigenvalue weighted by Crippen LogP contribution is -2.24. The predicted molar refractivity (Wildman–Crippen MR) is 127 cm³/mol. The third-order valence-corrected chi connectivity index (χ3v) is 5.21. The second kappa shape index (κ2) is 9.51. The van der Waals surface area contributed by atoms with Gasteiger partial charge in [0.05, 0.1) is 11.0 Å². The number of rotatable bonds is 8. The summed E-state index contributed by atoms with van der Waals surface area (Å²) in [6, 6.07) is 17.5. The molecule has 0 saturated carbocycles. The molecule has 4 rings (SSSR count). The molecule has 0 atom stereocenters. The van der Waals surface area contributed by atoms with E-state index in [4.69, 9.17) is 9.72 Å². The third kappa shape index (κ3) is 4.72. The van der Waals surface area contributed by atoms with E-state index in [1.54, 1.807) is 18.3 Å². The van der Waals surface area contributed by atoms with Crippen LogP contribution in [0.2, 0.25) is 0 Å². The second-order valence-electron chi connectivity index (χ2n) is 7.56. The van der Waals surface area contributed by atoms with Gasteiger partial charge in [0.2, 0.25) is 5.95 Å². The van der Waals surface area contributed by atoms with Crippen molar-refractivity contribution in [3.8, 4) is 11.5 Å². The van der Waals surface area contributed by atoms with Crippen molar-refractivity contribution in [2.45, 2.75) is 26.7 Å². The number of carbonyl (C=O) groups is 1. The Balaban J connectivity index is 1.53. The fourth-order valence-corrected chi connectivity index (χ4v) is 3.37. The smallest absolute Gasteiger partial charge is 0.270 e. The minimum atomic E-state index is -0.208. The number of ether oxygens (including phenoxy) is 1. The third-order valence-electron chi connectivity index (χ3n) is 5.21. The van der Waals surface area contributed by atoms with Crippen LogP contribution in [0.4, 0.5) is 11.6 Å². The molecule has 0 spiro atoms. The Morgan fingerprint density at radius 3 is 2.56 bits per heavy atom. The Labute approximate surface area is 187 Å². The monoisotopic (exact) mass is 429 g/mol. The van der Waals surface area contributed by atoms with Crippen LogP contribution < -0.4 is 15.4 Å². The van der Waals surface area contributed by atoms with Gasteiger partial charge in [-0.2, -0.15) is 0 Å². The van der Waals surface area contributed by atoms with Crippen molar-refractivity contribution >= 4 is 28.6 Å². The Bertz CT molecular complexity index is 1230. The summed E-state index contributed by atoms with van der Waals surface area (Å²) < 4.78 is 7.99. The molecular weight excluding hydrogens is 402 g/mol. The lowest BCUT2D eigenvalue weighted by Gasteiger charge is -2.08. The van der Waals surface area contributed by atoms with E-state index < -0.39 is 0 Å². The largest absolute Gasteiger partial charge is 0.457 e. The molecule has 0 radical (unpaired) electrons. The quantitative estimate of drug-likeness (QED) is 0.402. The summed E-state index contributed by atoms with van der Waals surface area (Å²) in [4.78, 5) is 21.0. The summed E-state index contributed by atoms with van der Waals surface area (Å²) in [6.45, 7) is 4.76. The zero-order chi connectivity index (χ0) is 22.5. The Hall–Kier alpha value is -3.87. The van der Waals surface area contributed by atoms with Crippen molar-refractivity contribution in [3.05, 3.63) is 72.1 Å². The summed E-state index contributed by atoms with van der Waals surface area (Å²) in [7, 11) is 1.97. The molecule has 0 aliphatic carbocycles. The molecular formula is C25H27N5O2. The zero-order valence-corrected chi connectivity index (χ0v) is 18.6. The van der Waals surface area contributed by atoms with Crippen LogP contribution in [-0.2, 0) is 13.5 Å². The number of nitrogens with zero attached hydrogens (tertiary/aromatic N) is 3. The number of carbonyl (C=O) groups excluding carboxylic acids is 1. The van der Waals surface area contributed by atoms with Gasteiger partial charge in [-0.1, -0.05) is 26.0 Å². The van der Waals surface area contributed by atoms with Crippen LogP contribution in [0, 0.1) is 0 Å². The number of hydrogen-bond donors (Lipinski definition) is 2. The van der Waals surface area contributed by atoms with Crippen molar-refractivity contribution in [1.82, 2.24) is 19.9 Å². The van der Waals surface area contributed by atoms with E-state index in [0.717, 1.165) is 35.5 Å². The number of imidazole rings is 1. The molecule has 1 amide bonds. The van der Waals surface area contributed by atoms with Crippen molar-refractivity contribution in [1.29, 1.82) is 0 Å². The summed E-state index contributed by atoms with van der Waals surface area (Å²) >= 11 is 0. The molecule has 4 aromatic rings. The second-order valence-corrected chi connectivity index (χ2v) is 7.56. The van der Waals surface area contributed by atoms with Crippen molar-refractivity contribution in [3.63, 3.8) is 0 Å². The van der Waals surface area contributed by atoms with Gasteiger partial charge in [0.1, 0.15) is 17.2 Å². The number of amides is 1. The molecule has 32 heavy (non-hydrogen) atoms. The standard InChI is InChI=1S/C25H27N5O2/c1-4-13-27-24(31)22-16-20(12-14-26-22)32-19-10-11-23-21(15-19)29-25(30(23)3)28-18-8-6-17(5-2)7-9-18/h6-12,14-16H,4-5,13H2,1-3H3,(H,27,31)(H,28,29). The summed E-state index contributed by atoms with van der Waals surface area (Å²) in [5.74, 6) is 1.73. The maximum Gasteiger partial charge on any atom is 0.270 e. The zero-order valence-electron chi connectivity index (χ0n) is 18.6. The number of aromatic nitrogens is 3. The first-order chi connectivity index (χ1) is 15.6. The van der Waals surface area contributed by atoms with E-state index in [-0.39, 0.29) is 5.91 Å². The van der Waals surface area contributed by atoms with Gasteiger partial charge in [0, 0.05) is 37.6 Å². The van der Waals surface area contributed by atoms with Gasteiger partial charge in [0.15, 0.2) is 0 Å². The number of pyridine rings is 1. The van der Waals surface area contributed by atoms with Gasteiger partial charge in [-0.05, 0) is 48.7 Å². The van der Waals surface area contributed by atoms with Crippen LogP contribution in [0.1, 0.15) is 36.3 Å². The van der Waals surface area contributed by atoms with Gasteiger partial charge in [-0.3, -0.25) is 9.78 Å². The predicted octanol–water partition coefficient (Wildman–Crippen LogP) is 5.21. The summed E-state index contributed by atoms with van der Waals surface area (Å²) in [5, 5.41) is 6.20. The topological polar surface area (TPSA) is 81.1 Å². The first-order valence-corrected chi connectivity index (χ1v) is 10.8. The Morgan fingerprint density at radius 1 is 1.03 bits per heavy atom. The van der Waals surface area contributed by atoms with E-state index >= 15 is 0 Å². The number of benzene rings is 2. The molecule has 0 saturated heterocycles. The average Bonchev–Trinajstić information content (AvgIpc) is 3.12. The molecule has 0 bridgehead atoms. The number of nitrogens with one attached hydrogen (secondary N) is 2. The van der Waals surface area contributed by atoms with Crippen LogP contribution in [0.5, 0.6) is 11.5 Å². The van der Waals surface area contributed by atoms with Crippen LogP contribution in [0.3, 0.4) is 0 Å². The number of aryl methyl sites for hydroxylation is 2. The molecule has 0 unspecified atom stereocenters. The molecule has 7 nitrogen and oxygen atoms in total. The fraction of sp³-hybridized carbons (Fsp3) is 0.240. The Kier molecular flexibility index (Phi) is 6.35. The van der Waals surface area contributed by atoms with Crippen LogP contribution >= 0.6 is 0 Å². The van der Waals surface area contributed by atoms with Gasteiger partial charge in [-0.25, -0.2) is 4.98 Å². The molecule has 2 heterocycles. The number of fused-ring (bicyclic) bond motifs is 1. The SMILES string of the molecule is CCCNC(=O)c1cc(Oc2ccc3c(c2)nc(Nc2ccc(CC)cc2)n3C)ccn1. The fourth-order valence-electron chi connectivity index (χ4n) is 3.37.